The number of fused-ring (bicyclic) bond motifs is 1. The van der Waals surface area contributed by atoms with Crippen LogP contribution in [0.25, 0.3) is 0 Å². The van der Waals surface area contributed by atoms with Crippen LogP contribution in [0, 0.1) is 5.92 Å². The minimum absolute atomic E-state index is 0. The number of aliphatic carboxylic acids is 1. The van der Waals surface area contributed by atoms with Crippen LogP contribution in [-0.4, -0.2) is 82.5 Å². The molecule has 0 unspecified atom stereocenters. The first-order valence-electron chi connectivity index (χ1n) is 9.93. The largest absolute Gasteiger partial charge is 0.477 e. The van der Waals surface area contributed by atoms with Crippen LogP contribution >= 0.6 is 24.2 Å². The predicted molar refractivity (Wildman–Crippen MR) is 117 cm³/mol. The standard InChI is InChI=1S/C19H28N4O5S.ClH/c1-12(24)28-9-14-10-29-18-15(17(25)23(18)16(14)19(26)27)21-11-22-7-4-13(5-8-22)3-2-6-20;/h11,13,15,18H,2-10,20H2,1H3,(H,26,27);1H/t15-,18-;/m1./s1. The van der Waals surface area contributed by atoms with Crippen LogP contribution < -0.4 is 5.73 Å². The summed E-state index contributed by atoms with van der Waals surface area (Å²) < 4.78 is 4.94. The second kappa shape index (κ2) is 11.0. The maximum absolute atomic E-state index is 12.6. The van der Waals surface area contributed by atoms with Gasteiger partial charge in [-0.1, -0.05) is 0 Å². The van der Waals surface area contributed by atoms with E-state index in [9.17, 15) is 19.5 Å². The van der Waals surface area contributed by atoms with Crippen LogP contribution in [0.2, 0.25) is 0 Å². The number of carbonyl (C=O) groups excluding carboxylic acids is 2. The fraction of sp³-hybridized carbons (Fsp3) is 0.684. The van der Waals surface area contributed by atoms with Crippen molar-refractivity contribution < 1.29 is 24.2 Å². The van der Waals surface area contributed by atoms with Gasteiger partial charge in [0.1, 0.15) is 17.7 Å². The summed E-state index contributed by atoms with van der Waals surface area (Å²) in [5, 5.41) is 9.24. The highest BCUT2D eigenvalue weighted by Crippen LogP contribution is 2.41. The second-order valence-corrected chi connectivity index (χ2v) is 8.67. The molecule has 168 valence electrons. The number of nitrogens with two attached hydrogens (primary N) is 1. The van der Waals surface area contributed by atoms with Gasteiger partial charge in [-0.05, 0) is 38.1 Å². The average Bonchev–Trinajstić information content (AvgIpc) is 2.70. The Balaban J connectivity index is 0.00000320. The third-order valence-electron chi connectivity index (χ3n) is 5.53. The van der Waals surface area contributed by atoms with E-state index in [1.54, 1.807) is 6.34 Å². The molecule has 2 saturated heterocycles. The van der Waals surface area contributed by atoms with E-state index in [2.05, 4.69) is 9.89 Å². The molecule has 0 bridgehead atoms. The summed E-state index contributed by atoms with van der Waals surface area (Å²) in [6, 6.07) is -0.570. The zero-order valence-corrected chi connectivity index (χ0v) is 18.6. The molecule has 11 heteroatoms. The van der Waals surface area contributed by atoms with Crippen molar-refractivity contribution in [1.82, 2.24) is 9.80 Å². The van der Waals surface area contributed by atoms with Gasteiger partial charge in [-0.3, -0.25) is 19.5 Å². The lowest BCUT2D eigenvalue weighted by Crippen LogP contribution is -2.64. The highest BCUT2D eigenvalue weighted by atomic mass is 35.5. The molecule has 2 atom stereocenters. The molecular formula is C19H29ClN4O5S. The molecule has 0 aliphatic carbocycles. The monoisotopic (exact) mass is 460 g/mol. The van der Waals surface area contributed by atoms with Crippen molar-refractivity contribution >= 4 is 48.4 Å². The number of carboxylic acid groups (broad SMARTS) is 1. The van der Waals surface area contributed by atoms with Crippen LogP contribution in [0.1, 0.15) is 32.6 Å². The zero-order chi connectivity index (χ0) is 21.0. The van der Waals surface area contributed by atoms with Gasteiger partial charge in [0.25, 0.3) is 5.91 Å². The Labute approximate surface area is 186 Å². The molecule has 3 aliphatic rings. The Morgan fingerprint density at radius 1 is 1.37 bits per heavy atom. The summed E-state index contributed by atoms with van der Waals surface area (Å²) in [5.74, 6) is -0.903. The third kappa shape index (κ3) is 5.47. The molecule has 30 heavy (non-hydrogen) atoms. The number of esters is 1. The molecule has 3 rings (SSSR count). The van der Waals surface area contributed by atoms with Gasteiger partial charge in [-0.25, -0.2) is 4.79 Å². The first-order valence-corrected chi connectivity index (χ1v) is 11.0. The summed E-state index contributed by atoms with van der Waals surface area (Å²) in [6.07, 6.45) is 6.16. The summed E-state index contributed by atoms with van der Waals surface area (Å²) in [7, 11) is 0. The SMILES string of the molecule is CC(=O)OCC1=C(C(=O)O)N2C(=O)[C@@H](N=CN3CCC(CCCN)CC3)[C@H]2SC1.Cl. The number of hydrogen-bond donors (Lipinski definition) is 2. The number of ether oxygens (including phenoxy) is 1. The van der Waals surface area contributed by atoms with Gasteiger partial charge in [0.2, 0.25) is 0 Å². The molecule has 9 nitrogen and oxygen atoms in total. The minimum atomic E-state index is -1.19. The van der Waals surface area contributed by atoms with E-state index in [-0.39, 0.29) is 36.0 Å². The van der Waals surface area contributed by atoms with Gasteiger partial charge in [-0.2, -0.15) is 0 Å². The number of nitrogens with zero attached hydrogens (tertiary/aromatic N) is 3. The number of carboxylic acids is 1. The van der Waals surface area contributed by atoms with E-state index < -0.39 is 18.0 Å². The molecule has 0 spiro atoms. The number of likely N-dealkylation sites (tertiary alicyclic amines) is 1. The van der Waals surface area contributed by atoms with Crippen molar-refractivity contribution in [3.05, 3.63) is 11.3 Å². The first-order chi connectivity index (χ1) is 13.9. The molecule has 1 amide bonds. The quantitative estimate of drug-likeness (QED) is 0.238. The van der Waals surface area contributed by atoms with Crippen molar-refractivity contribution in [2.75, 3.05) is 32.0 Å². The summed E-state index contributed by atoms with van der Waals surface area (Å²) in [5.41, 5.74) is 5.94. The van der Waals surface area contributed by atoms with Crippen LogP contribution in [0.3, 0.4) is 0 Å². The number of carbonyl (C=O) groups is 3. The maximum Gasteiger partial charge on any atom is 0.352 e. The fourth-order valence-corrected chi connectivity index (χ4v) is 5.22. The minimum Gasteiger partial charge on any atom is -0.477 e. The van der Waals surface area contributed by atoms with Crippen molar-refractivity contribution in [3.63, 3.8) is 0 Å². The fourth-order valence-electron chi connectivity index (χ4n) is 3.90. The molecule has 0 saturated carbocycles. The number of rotatable bonds is 8. The van der Waals surface area contributed by atoms with Crippen LogP contribution in [-0.2, 0) is 19.1 Å². The van der Waals surface area contributed by atoms with Crippen LogP contribution in [0.4, 0.5) is 0 Å². The molecule has 0 aromatic rings. The number of halogens is 1. The third-order valence-corrected chi connectivity index (χ3v) is 6.85. The van der Waals surface area contributed by atoms with Gasteiger partial charge in [0.05, 0.1) is 6.34 Å². The Morgan fingerprint density at radius 3 is 2.67 bits per heavy atom. The topological polar surface area (TPSA) is 126 Å². The van der Waals surface area contributed by atoms with E-state index in [1.165, 1.54) is 23.6 Å². The predicted octanol–water partition coefficient (Wildman–Crippen LogP) is 1.07. The van der Waals surface area contributed by atoms with Crippen molar-refractivity contribution in [1.29, 1.82) is 0 Å². The molecule has 0 radical (unpaired) electrons. The first kappa shape index (κ1) is 24.5. The summed E-state index contributed by atoms with van der Waals surface area (Å²) in [4.78, 5) is 43.2. The number of hydrogen-bond acceptors (Lipinski definition) is 7. The van der Waals surface area contributed by atoms with E-state index >= 15 is 0 Å². The normalized spacial score (nSPS) is 24.4. The lowest BCUT2D eigenvalue weighted by Gasteiger charge is -2.47. The Kier molecular flexibility index (Phi) is 8.99. The van der Waals surface area contributed by atoms with Gasteiger partial charge in [-0.15, -0.1) is 24.2 Å². The molecule has 3 aliphatic heterocycles. The van der Waals surface area contributed by atoms with E-state index in [1.807, 2.05) is 0 Å². The number of thioether (sulfide) groups is 1. The van der Waals surface area contributed by atoms with Crippen molar-refractivity contribution in [2.24, 2.45) is 16.6 Å². The number of amides is 1. The van der Waals surface area contributed by atoms with Gasteiger partial charge >= 0.3 is 11.9 Å². The molecular weight excluding hydrogens is 432 g/mol. The van der Waals surface area contributed by atoms with E-state index in [4.69, 9.17) is 10.5 Å². The highest BCUT2D eigenvalue weighted by molar-refractivity contribution is 8.00. The molecule has 3 N–H and O–H groups in total. The molecule has 3 heterocycles. The smallest absolute Gasteiger partial charge is 0.352 e. The Hall–Kier alpha value is -1.78. The van der Waals surface area contributed by atoms with Crippen molar-refractivity contribution in [3.8, 4) is 0 Å². The molecule has 2 fully saturated rings. The Morgan fingerprint density at radius 2 is 2.07 bits per heavy atom. The summed E-state index contributed by atoms with van der Waals surface area (Å²) >= 11 is 1.45. The number of piperidine rings is 1. The van der Waals surface area contributed by atoms with Crippen LogP contribution in [0.5, 0.6) is 0 Å². The van der Waals surface area contributed by atoms with E-state index in [0.717, 1.165) is 45.3 Å². The van der Waals surface area contributed by atoms with Crippen molar-refractivity contribution in [2.45, 2.75) is 44.0 Å². The number of aliphatic imine (C=N–C) groups is 1. The Bertz CT molecular complexity index is 724. The number of β-lactam (4-membered cyclic amide) rings is 1. The molecule has 0 aromatic carbocycles. The van der Waals surface area contributed by atoms with Crippen LogP contribution in [0.15, 0.2) is 16.3 Å². The van der Waals surface area contributed by atoms with Gasteiger partial charge in [0, 0.05) is 31.3 Å². The average molecular weight is 461 g/mol. The van der Waals surface area contributed by atoms with Gasteiger partial charge in [0.15, 0.2) is 6.04 Å². The molecule has 0 aromatic heterocycles. The van der Waals surface area contributed by atoms with Gasteiger partial charge < -0.3 is 20.5 Å². The highest BCUT2D eigenvalue weighted by Gasteiger charge is 2.53. The second-order valence-electron chi connectivity index (χ2n) is 7.57. The zero-order valence-electron chi connectivity index (χ0n) is 17.0. The maximum atomic E-state index is 12.6. The van der Waals surface area contributed by atoms with E-state index in [0.29, 0.717) is 17.2 Å². The lowest BCUT2D eigenvalue weighted by molar-refractivity contribution is -0.148. The summed E-state index contributed by atoms with van der Waals surface area (Å²) in [6.45, 7) is 3.70. The lowest BCUT2D eigenvalue weighted by atomic mass is 9.92.